The van der Waals surface area contributed by atoms with Crippen LogP contribution in [0.4, 0.5) is 0 Å². The van der Waals surface area contributed by atoms with E-state index in [0.29, 0.717) is 0 Å². The van der Waals surface area contributed by atoms with Crippen molar-refractivity contribution >= 4 is 57.2 Å². The van der Waals surface area contributed by atoms with Crippen LogP contribution in [0.1, 0.15) is 83.3 Å². The predicted molar refractivity (Wildman–Crippen MR) is 240 cm³/mol. The van der Waals surface area contributed by atoms with Crippen LogP contribution in [0.3, 0.4) is 0 Å². The Bertz CT molecular complexity index is 2290. The first-order chi connectivity index (χ1) is 27.1. The van der Waals surface area contributed by atoms with Gasteiger partial charge in [0.15, 0.2) is 0 Å². The fraction of sp³-hybridized carbons (Fsp3) is 0.240. The van der Waals surface area contributed by atoms with Crippen molar-refractivity contribution in [3.05, 3.63) is 211 Å². The van der Waals surface area contributed by atoms with E-state index in [4.69, 9.17) is 33.2 Å². The van der Waals surface area contributed by atoms with Crippen molar-refractivity contribution in [2.75, 3.05) is 0 Å². The summed E-state index contributed by atoms with van der Waals surface area (Å²) in [7, 11) is 4.08. The Hall–Kier alpha value is -4.06. The maximum Gasteiger partial charge on any atom is 0.0773 e. The summed E-state index contributed by atoms with van der Waals surface area (Å²) in [5.74, 6) is 0. The van der Waals surface area contributed by atoms with Crippen LogP contribution < -0.4 is 0 Å². The molecule has 2 nitrogen and oxygen atoms in total. The summed E-state index contributed by atoms with van der Waals surface area (Å²) in [6, 6.07) is 52.5. The molecule has 0 saturated carbocycles. The standard InChI is InChI=1S/C50H42Cl2N2S2/c1-47-35-13-5-9-17-39(35)49(3,40-18-10-6-14-36(40)47)45(43(47)53-29-31-21-25-33(51)26-22-31)55-56-46-44(54-30-32-23-27-34(52)28-24-32)48(2)37-15-7-11-19-41(37)50(46,4)42-20-12-8-16-38(42)48/h5-30,43-46H,1-4H3/t43-,44-,45+,46+,47?,48?,49?,50?/m1/s1. The van der Waals surface area contributed by atoms with Crippen LogP contribution in [-0.4, -0.2) is 35.0 Å². The first-order valence-electron chi connectivity index (χ1n) is 19.4. The van der Waals surface area contributed by atoms with Gasteiger partial charge in [0.2, 0.25) is 0 Å². The van der Waals surface area contributed by atoms with Crippen molar-refractivity contribution in [3.63, 3.8) is 0 Å². The van der Waals surface area contributed by atoms with Crippen LogP contribution in [0.15, 0.2) is 156 Å². The first-order valence-corrected chi connectivity index (χ1v) is 22.4. The molecule has 6 heteroatoms. The maximum absolute atomic E-state index is 6.32. The van der Waals surface area contributed by atoms with Gasteiger partial charge in [-0.2, -0.15) is 0 Å². The molecular weight excluding hydrogens is 764 g/mol. The zero-order chi connectivity index (χ0) is 38.5. The molecule has 0 radical (unpaired) electrons. The topological polar surface area (TPSA) is 24.7 Å². The zero-order valence-electron chi connectivity index (χ0n) is 31.8. The normalized spacial score (nSPS) is 30.6. The minimum absolute atomic E-state index is 0.0368. The molecular formula is C50H42Cl2N2S2. The number of hydrogen-bond donors (Lipinski definition) is 0. The van der Waals surface area contributed by atoms with Gasteiger partial charge in [-0.1, -0.05) is 180 Å². The SMILES string of the molecule is CC12c3ccccc3C(C)(c3ccccc31)[C@@H](SS[C@H]1[C@@H](N=Cc3ccc(Cl)cc3)C3(C)c4ccccc4C1(C)c1ccccc13)[C@H]2N=Cc1ccc(Cl)cc1. The lowest BCUT2D eigenvalue weighted by molar-refractivity contribution is 0.292. The molecule has 12 rings (SSSR count). The molecule has 0 unspecified atom stereocenters. The minimum Gasteiger partial charge on any atom is -0.287 e. The van der Waals surface area contributed by atoms with Crippen LogP contribution in [0.2, 0.25) is 10.0 Å². The summed E-state index contributed by atoms with van der Waals surface area (Å²) in [5.41, 5.74) is 12.0. The quantitative estimate of drug-likeness (QED) is 0.119. The Morgan fingerprint density at radius 3 is 0.911 bits per heavy atom. The molecule has 6 aromatic rings. The van der Waals surface area contributed by atoms with Gasteiger partial charge in [0, 0.05) is 44.1 Å². The molecule has 6 aliphatic rings. The molecule has 0 saturated heterocycles. The Labute approximate surface area is 348 Å². The molecule has 278 valence electrons. The van der Waals surface area contributed by atoms with Gasteiger partial charge in [-0.25, -0.2) is 0 Å². The lowest BCUT2D eigenvalue weighted by Gasteiger charge is -2.62. The van der Waals surface area contributed by atoms with E-state index in [9.17, 15) is 0 Å². The molecule has 4 bridgehead atoms. The summed E-state index contributed by atoms with van der Waals surface area (Å²) in [5, 5.41) is 1.70. The van der Waals surface area contributed by atoms with Gasteiger partial charge < -0.3 is 0 Å². The molecule has 0 amide bonds. The number of aliphatic imine (C=N–C) groups is 2. The number of nitrogens with zero attached hydrogens (tertiary/aromatic N) is 2. The second kappa shape index (κ2) is 13.2. The molecule has 6 aliphatic carbocycles. The number of hydrogen-bond acceptors (Lipinski definition) is 4. The first kappa shape index (κ1) is 36.3. The average molecular weight is 806 g/mol. The average Bonchev–Trinajstić information content (AvgIpc) is 3.23. The number of benzene rings is 6. The van der Waals surface area contributed by atoms with Crippen LogP contribution in [0.25, 0.3) is 0 Å². The maximum atomic E-state index is 6.32. The third kappa shape index (κ3) is 4.98. The van der Waals surface area contributed by atoms with E-state index in [2.05, 4.69) is 161 Å². The van der Waals surface area contributed by atoms with Gasteiger partial charge in [0.25, 0.3) is 0 Å². The van der Waals surface area contributed by atoms with Crippen LogP contribution >= 0.6 is 44.8 Å². The van der Waals surface area contributed by atoms with Crippen LogP contribution in [0, 0.1) is 0 Å². The molecule has 0 aromatic heterocycles. The van der Waals surface area contributed by atoms with E-state index in [-0.39, 0.29) is 44.2 Å². The van der Waals surface area contributed by atoms with E-state index in [1.807, 2.05) is 45.9 Å². The third-order valence-corrected chi connectivity index (χ3v) is 17.9. The van der Waals surface area contributed by atoms with Gasteiger partial charge in [-0.05, 0) is 93.7 Å². The summed E-state index contributed by atoms with van der Waals surface area (Å²) in [6.07, 6.45) is 4.16. The van der Waals surface area contributed by atoms with E-state index >= 15 is 0 Å². The van der Waals surface area contributed by atoms with Crippen LogP contribution in [0.5, 0.6) is 0 Å². The van der Waals surface area contributed by atoms with Crippen molar-refractivity contribution in [1.29, 1.82) is 0 Å². The summed E-state index contributed by atoms with van der Waals surface area (Å²) < 4.78 is 0. The Kier molecular flexibility index (Phi) is 8.58. The lowest BCUT2D eigenvalue weighted by atomic mass is 9.48. The molecule has 0 heterocycles. The van der Waals surface area contributed by atoms with E-state index in [0.717, 1.165) is 21.2 Å². The van der Waals surface area contributed by atoms with Crippen LogP contribution in [-0.2, 0) is 21.7 Å². The van der Waals surface area contributed by atoms with Gasteiger partial charge in [-0.3, -0.25) is 9.98 Å². The molecule has 4 atom stereocenters. The highest BCUT2D eigenvalue weighted by molar-refractivity contribution is 8.77. The molecule has 0 aliphatic heterocycles. The van der Waals surface area contributed by atoms with Gasteiger partial charge >= 0.3 is 0 Å². The monoisotopic (exact) mass is 804 g/mol. The Morgan fingerprint density at radius 2 is 0.643 bits per heavy atom. The zero-order valence-corrected chi connectivity index (χ0v) is 34.9. The molecule has 0 fully saturated rings. The highest BCUT2D eigenvalue weighted by atomic mass is 35.5. The second-order valence-electron chi connectivity index (χ2n) is 16.6. The van der Waals surface area contributed by atoms with Gasteiger partial charge in [0.1, 0.15) is 0 Å². The Balaban J connectivity index is 1.14. The smallest absolute Gasteiger partial charge is 0.0773 e. The van der Waals surface area contributed by atoms with E-state index < -0.39 is 0 Å². The highest BCUT2D eigenvalue weighted by Gasteiger charge is 2.65. The fourth-order valence-electron chi connectivity index (χ4n) is 10.9. The van der Waals surface area contributed by atoms with E-state index in [1.54, 1.807) is 0 Å². The van der Waals surface area contributed by atoms with Crippen molar-refractivity contribution in [3.8, 4) is 0 Å². The number of halogens is 2. The van der Waals surface area contributed by atoms with Gasteiger partial charge in [-0.15, -0.1) is 0 Å². The van der Waals surface area contributed by atoms with Gasteiger partial charge in [0.05, 0.1) is 22.6 Å². The fourth-order valence-corrected chi connectivity index (χ4v) is 15.7. The van der Waals surface area contributed by atoms with Crippen molar-refractivity contribution in [1.82, 2.24) is 0 Å². The highest BCUT2D eigenvalue weighted by Crippen LogP contribution is 2.68. The van der Waals surface area contributed by atoms with E-state index in [1.165, 1.54) is 44.5 Å². The molecule has 56 heavy (non-hydrogen) atoms. The lowest BCUT2D eigenvalue weighted by Crippen LogP contribution is -2.63. The minimum atomic E-state index is -0.334. The summed E-state index contributed by atoms with van der Waals surface area (Å²) >= 11 is 12.6. The largest absolute Gasteiger partial charge is 0.287 e. The summed E-state index contributed by atoms with van der Waals surface area (Å²) in [4.78, 5) is 11.3. The summed E-state index contributed by atoms with van der Waals surface area (Å²) in [6.45, 7) is 9.82. The number of fused-ring (bicyclic) bond motifs is 2. The predicted octanol–water partition coefficient (Wildman–Crippen LogP) is 12.7. The van der Waals surface area contributed by atoms with Crippen molar-refractivity contribution < 1.29 is 0 Å². The molecule has 6 aromatic carbocycles. The van der Waals surface area contributed by atoms with Crippen molar-refractivity contribution in [2.45, 2.75) is 71.9 Å². The molecule has 0 N–H and O–H groups in total. The molecule has 0 spiro atoms. The number of rotatable bonds is 7. The Morgan fingerprint density at radius 1 is 0.393 bits per heavy atom. The third-order valence-electron chi connectivity index (χ3n) is 13.9. The van der Waals surface area contributed by atoms with Crippen molar-refractivity contribution in [2.24, 2.45) is 9.98 Å². The second-order valence-corrected chi connectivity index (χ2v) is 20.0.